The summed E-state index contributed by atoms with van der Waals surface area (Å²) in [5, 5.41) is 10.8. The Kier molecular flexibility index (Phi) is 3.45. The number of pyridine rings is 1. The van der Waals surface area contributed by atoms with Crippen LogP contribution in [0.25, 0.3) is 0 Å². The van der Waals surface area contributed by atoms with Crippen molar-refractivity contribution in [3.63, 3.8) is 0 Å². The molecule has 1 aromatic rings. The number of carbonyl (C=O) groups excluding carboxylic acids is 1. The van der Waals surface area contributed by atoms with Crippen LogP contribution in [0.2, 0.25) is 5.15 Å². The molecular formula is C12H14ClN3O3. The first-order valence-corrected chi connectivity index (χ1v) is 6.33. The summed E-state index contributed by atoms with van der Waals surface area (Å²) in [7, 11) is 0. The Balaban J connectivity index is 2.45. The van der Waals surface area contributed by atoms with E-state index in [0.29, 0.717) is 6.54 Å². The average molecular weight is 284 g/mol. The maximum Gasteiger partial charge on any atom is 0.319 e. The molecule has 6 nitrogen and oxygen atoms in total. The van der Waals surface area contributed by atoms with E-state index in [1.165, 1.54) is 12.3 Å². The fourth-order valence-electron chi connectivity index (χ4n) is 2.40. The quantitative estimate of drug-likeness (QED) is 0.475. The van der Waals surface area contributed by atoms with Crippen molar-refractivity contribution in [1.82, 2.24) is 9.88 Å². The Morgan fingerprint density at radius 3 is 2.79 bits per heavy atom. The lowest BCUT2D eigenvalue weighted by Crippen LogP contribution is -2.42. The average Bonchev–Trinajstić information content (AvgIpc) is 2.67. The Morgan fingerprint density at radius 1 is 1.58 bits per heavy atom. The third-order valence-corrected chi connectivity index (χ3v) is 3.72. The van der Waals surface area contributed by atoms with E-state index < -0.39 is 10.6 Å². The van der Waals surface area contributed by atoms with Crippen molar-refractivity contribution in [2.24, 2.45) is 0 Å². The first-order chi connectivity index (χ1) is 8.84. The predicted octanol–water partition coefficient (Wildman–Crippen LogP) is 2.66. The van der Waals surface area contributed by atoms with Gasteiger partial charge >= 0.3 is 5.69 Å². The molecular weight excluding hydrogens is 270 g/mol. The van der Waals surface area contributed by atoms with E-state index in [2.05, 4.69) is 4.98 Å². The van der Waals surface area contributed by atoms with Gasteiger partial charge in [-0.25, -0.2) is 4.98 Å². The van der Waals surface area contributed by atoms with E-state index in [4.69, 9.17) is 11.6 Å². The van der Waals surface area contributed by atoms with E-state index in [1.54, 1.807) is 4.90 Å². The lowest BCUT2D eigenvalue weighted by Gasteiger charge is -2.31. The van der Waals surface area contributed by atoms with Gasteiger partial charge in [-0.3, -0.25) is 14.9 Å². The number of hydrogen-bond donors (Lipinski definition) is 0. The molecule has 0 aliphatic carbocycles. The van der Waals surface area contributed by atoms with Gasteiger partial charge in [0.1, 0.15) is 5.56 Å². The number of halogens is 1. The van der Waals surface area contributed by atoms with Gasteiger partial charge in [0.15, 0.2) is 0 Å². The highest BCUT2D eigenvalue weighted by Gasteiger charge is 2.38. The smallest absolute Gasteiger partial charge is 0.319 e. The fourth-order valence-corrected chi connectivity index (χ4v) is 2.63. The number of amides is 1. The van der Waals surface area contributed by atoms with Gasteiger partial charge in [0, 0.05) is 18.3 Å². The van der Waals surface area contributed by atoms with E-state index >= 15 is 0 Å². The van der Waals surface area contributed by atoms with Crippen LogP contribution >= 0.6 is 11.6 Å². The fraction of sp³-hybridized carbons (Fsp3) is 0.500. The minimum atomic E-state index is -0.661. The van der Waals surface area contributed by atoms with E-state index in [0.717, 1.165) is 12.8 Å². The summed E-state index contributed by atoms with van der Waals surface area (Å²) in [5.41, 5.74) is -0.711. The van der Waals surface area contributed by atoms with E-state index in [1.807, 2.05) is 13.8 Å². The number of likely N-dealkylation sites (tertiary alicyclic amines) is 1. The molecule has 0 saturated carbocycles. The van der Waals surface area contributed by atoms with Crippen molar-refractivity contribution in [1.29, 1.82) is 0 Å². The molecule has 1 saturated heterocycles. The van der Waals surface area contributed by atoms with Crippen molar-refractivity contribution in [3.8, 4) is 0 Å². The summed E-state index contributed by atoms with van der Waals surface area (Å²) in [4.78, 5) is 28.2. The number of aromatic nitrogens is 1. The van der Waals surface area contributed by atoms with Crippen molar-refractivity contribution < 1.29 is 9.72 Å². The summed E-state index contributed by atoms with van der Waals surface area (Å²) < 4.78 is 0. The first kappa shape index (κ1) is 13.7. The second-order valence-corrected chi connectivity index (χ2v) is 5.49. The van der Waals surface area contributed by atoms with Crippen LogP contribution in [0.1, 0.15) is 37.0 Å². The highest BCUT2D eigenvalue weighted by atomic mass is 35.5. The van der Waals surface area contributed by atoms with Gasteiger partial charge in [0.2, 0.25) is 5.15 Å². The van der Waals surface area contributed by atoms with E-state index in [-0.39, 0.29) is 22.2 Å². The Morgan fingerprint density at radius 2 is 2.26 bits per heavy atom. The minimum absolute atomic E-state index is 0.0000231. The van der Waals surface area contributed by atoms with Crippen LogP contribution in [-0.2, 0) is 0 Å². The zero-order chi connectivity index (χ0) is 14.2. The van der Waals surface area contributed by atoms with Gasteiger partial charge in [0.05, 0.1) is 4.92 Å². The number of nitrogens with zero attached hydrogens (tertiary/aromatic N) is 3. The van der Waals surface area contributed by atoms with Crippen molar-refractivity contribution in [2.75, 3.05) is 6.54 Å². The molecule has 0 unspecified atom stereocenters. The van der Waals surface area contributed by atoms with Gasteiger partial charge in [-0.1, -0.05) is 11.6 Å². The summed E-state index contributed by atoms with van der Waals surface area (Å²) in [5.74, 6) is -0.362. The van der Waals surface area contributed by atoms with Crippen LogP contribution in [-0.4, -0.2) is 32.8 Å². The molecule has 0 aromatic carbocycles. The molecule has 2 heterocycles. The van der Waals surface area contributed by atoms with Crippen LogP contribution in [0, 0.1) is 10.1 Å². The van der Waals surface area contributed by atoms with Crippen LogP contribution < -0.4 is 0 Å². The van der Waals surface area contributed by atoms with Crippen LogP contribution in [0.3, 0.4) is 0 Å². The topological polar surface area (TPSA) is 76.3 Å². The predicted molar refractivity (Wildman–Crippen MR) is 70.3 cm³/mol. The number of nitro groups is 1. The molecule has 1 aromatic heterocycles. The summed E-state index contributed by atoms with van der Waals surface area (Å²) in [6, 6.07) is 1.35. The minimum Gasteiger partial charge on any atom is -0.333 e. The third kappa shape index (κ3) is 2.40. The third-order valence-electron chi connectivity index (χ3n) is 3.44. The highest BCUT2D eigenvalue weighted by molar-refractivity contribution is 6.32. The largest absolute Gasteiger partial charge is 0.333 e. The van der Waals surface area contributed by atoms with Crippen molar-refractivity contribution >= 4 is 23.2 Å². The molecule has 19 heavy (non-hydrogen) atoms. The molecule has 1 aliphatic rings. The molecule has 0 spiro atoms. The summed E-state index contributed by atoms with van der Waals surface area (Å²) >= 11 is 5.72. The zero-order valence-corrected chi connectivity index (χ0v) is 11.5. The molecule has 0 radical (unpaired) electrons. The lowest BCUT2D eigenvalue weighted by atomic mass is 10.0. The van der Waals surface area contributed by atoms with Gasteiger partial charge < -0.3 is 4.90 Å². The molecule has 0 atom stereocenters. The van der Waals surface area contributed by atoms with Gasteiger partial charge in [-0.15, -0.1) is 0 Å². The molecule has 0 bridgehead atoms. The molecule has 102 valence electrons. The highest BCUT2D eigenvalue weighted by Crippen LogP contribution is 2.33. The maximum absolute atomic E-state index is 12.5. The SMILES string of the molecule is CC1(C)CCCN1C(=O)c1ccnc(Cl)c1[N+](=O)[O-]. The van der Waals surface area contributed by atoms with Gasteiger partial charge in [0.25, 0.3) is 5.91 Å². The number of rotatable bonds is 2. The van der Waals surface area contributed by atoms with Crippen molar-refractivity contribution in [3.05, 3.63) is 33.1 Å². The molecule has 0 N–H and O–H groups in total. The van der Waals surface area contributed by atoms with E-state index in [9.17, 15) is 14.9 Å². The number of carbonyl (C=O) groups is 1. The molecule has 1 aliphatic heterocycles. The van der Waals surface area contributed by atoms with Crippen LogP contribution in [0.5, 0.6) is 0 Å². The lowest BCUT2D eigenvalue weighted by molar-refractivity contribution is -0.385. The van der Waals surface area contributed by atoms with Gasteiger partial charge in [-0.05, 0) is 32.8 Å². The Bertz CT molecular complexity index is 545. The Labute approximate surface area is 115 Å². The maximum atomic E-state index is 12.5. The molecule has 7 heteroatoms. The number of hydrogen-bond acceptors (Lipinski definition) is 4. The van der Waals surface area contributed by atoms with Crippen molar-refractivity contribution in [2.45, 2.75) is 32.2 Å². The van der Waals surface area contributed by atoms with Crippen LogP contribution in [0.15, 0.2) is 12.3 Å². The standard InChI is InChI=1S/C12H14ClN3O3/c1-12(2)5-3-7-15(12)11(17)8-4-6-14-10(13)9(8)16(18)19/h4,6H,3,5,7H2,1-2H3. The van der Waals surface area contributed by atoms with Gasteiger partial charge in [-0.2, -0.15) is 0 Å². The molecule has 2 rings (SSSR count). The summed E-state index contributed by atoms with van der Waals surface area (Å²) in [6.45, 7) is 4.50. The van der Waals surface area contributed by atoms with Crippen LogP contribution in [0.4, 0.5) is 5.69 Å². The normalized spacial score (nSPS) is 17.5. The Hall–Kier alpha value is -1.69. The second-order valence-electron chi connectivity index (χ2n) is 5.13. The monoisotopic (exact) mass is 283 g/mol. The second kappa shape index (κ2) is 4.77. The molecule has 1 amide bonds. The zero-order valence-electron chi connectivity index (χ0n) is 10.7. The first-order valence-electron chi connectivity index (χ1n) is 5.95. The molecule has 1 fully saturated rings. The summed E-state index contributed by atoms with van der Waals surface area (Å²) in [6.07, 6.45) is 3.09.